The Labute approximate surface area is 68.4 Å². The van der Waals surface area contributed by atoms with Gasteiger partial charge in [-0.2, -0.15) is 5.10 Å². The van der Waals surface area contributed by atoms with E-state index in [1.54, 1.807) is 10.9 Å². The van der Waals surface area contributed by atoms with Crippen molar-refractivity contribution in [1.29, 1.82) is 0 Å². The van der Waals surface area contributed by atoms with Crippen LogP contribution in [0, 0.1) is 11.8 Å². The molecule has 0 aromatic carbocycles. The molecular weight excluding hydrogens is 192 g/mol. The summed E-state index contributed by atoms with van der Waals surface area (Å²) < 4.78 is 1.73. The zero-order chi connectivity index (χ0) is 7.40. The molecule has 2 nitrogen and oxygen atoms in total. The van der Waals surface area contributed by atoms with E-state index in [0.29, 0.717) is 5.33 Å². The highest BCUT2D eigenvalue weighted by atomic mass is 79.9. The van der Waals surface area contributed by atoms with Crippen LogP contribution in [0.4, 0.5) is 0 Å². The summed E-state index contributed by atoms with van der Waals surface area (Å²) >= 11 is 3.21. The third-order valence-electron chi connectivity index (χ3n) is 1.00. The quantitative estimate of drug-likeness (QED) is 0.453. The van der Waals surface area contributed by atoms with E-state index in [9.17, 15) is 0 Å². The van der Waals surface area contributed by atoms with Gasteiger partial charge in [0, 0.05) is 13.2 Å². The van der Waals surface area contributed by atoms with Crippen LogP contribution in [0.25, 0.3) is 0 Å². The summed E-state index contributed by atoms with van der Waals surface area (Å²) in [5.41, 5.74) is 0.960. The van der Waals surface area contributed by atoms with E-state index in [1.807, 2.05) is 13.2 Å². The number of alkyl halides is 1. The van der Waals surface area contributed by atoms with Crippen LogP contribution < -0.4 is 0 Å². The van der Waals surface area contributed by atoms with Gasteiger partial charge in [0.2, 0.25) is 0 Å². The largest absolute Gasteiger partial charge is 0.275 e. The molecule has 10 heavy (non-hydrogen) atoms. The molecule has 1 aromatic rings. The molecule has 0 fully saturated rings. The van der Waals surface area contributed by atoms with Crippen LogP contribution in [0.1, 0.15) is 5.56 Å². The molecule has 1 rings (SSSR count). The molecule has 0 spiro atoms. The van der Waals surface area contributed by atoms with E-state index in [4.69, 9.17) is 0 Å². The number of aryl methyl sites for hydroxylation is 1. The number of aromatic nitrogens is 2. The third kappa shape index (κ3) is 1.89. The highest BCUT2D eigenvalue weighted by molar-refractivity contribution is 9.09. The van der Waals surface area contributed by atoms with Crippen LogP contribution in [0.5, 0.6) is 0 Å². The van der Waals surface area contributed by atoms with Gasteiger partial charge in [-0.15, -0.1) is 0 Å². The Hall–Kier alpha value is -0.750. The average molecular weight is 199 g/mol. The van der Waals surface area contributed by atoms with E-state index >= 15 is 0 Å². The minimum atomic E-state index is 0.710. The molecule has 0 unspecified atom stereocenters. The average Bonchev–Trinajstić information content (AvgIpc) is 2.31. The maximum absolute atomic E-state index is 3.97. The van der Waals surface area contributed by atoms with Crippen molar-refractivity contribution >= 4 is 15.9 Å². The highest BCUT2D eigenvalue weighted by Crippen LogP contribution is 1.91. The van der Waals surface area contributed by atoms with Crippen molar-refractivity contribution in [2.45, 2.75) is 0 Å². The summed E-state index contributed by atoms with van der Waals surface area (Å²) in [4.78, 5) is 0. The third-order valence-corrected chi connectivity index (χ3v) is 1.28. The molecule has 0 saturated carbocycles. The van der Waals surface area contributed by atoms with Gasteiger partial charge in [0.25, 0.3) is 0 Å². The lowest BCUT2D eigenvalue weighted by atomic mass is 10.4. The summed E-state index contributed by atoms with van der Waals surface area (Å²) in [5, 5.41) is 4.68. The summed E-state index contributed by atoms with van der Waals surface area (Å²) in [6.07, 6.45) is 3.63. The van der Waals surface area contributed by atoms with Crippen LogP contribution in [0.15, 0.2) is 12.4 Å². The number of hydrogen-bond acceptors (Lipinski definition) is 1. The first-order chi connectivity index (χ1) is 4.83. The monoisotopic (exact) mass is 198 g/mol. The lowest BCUT2D eigenvalue weighted by molar-refractivity contribution is 0.767. The topological polar surface area (TPSA) is 17.8 Å². The summed E-state index contributed by atoms with van der Waals surface area (Å²) in [5.74, 6) is 5.83. The van der Waals surface area contributed by atoms with Crippen molar-refractivity contribution in [3.63, 3.8) is 0 Å². The van der Waals surface area contributed by atoms with Crippen LogP contribution in [-0.4, -0.2) is 15.1 Å². The van der Waals surface area contributed by atoms with Crippen molar-refractivity contribution in [3.8, 4) is 11.8 Å². The number of nitrogens with zero attached hydrogens (tertiary/aromatic N) is 2. The van der Waals surface area contributed by atoms with E-state index < -0.39 is 0 Å². The van der Waals surface area contributed by atoms with Crippen LogP contribution in [0.2, 0.25) is 0 Å². The molecule has 0 bridgehead atoms. The Kier molecular flexibility index (Phi) is 2.52. The van der Waals surface area contributed by atoms with Gasteiger partial charge < -0.3 is 0 Å². The van der Waals surface area contributed by atoms with Crippen molar-refractivity contribution in [3.05, 3.63) is 18.0 Å². The second kappa shape index (κ2) is 3.43. The molecular formula is C7H7BrN2. The van der Waals surface area contributed by atoms with Crippen LogP contribution in [0.3, 0.4) is 0 Å². The van der Waals surface area contributed by atoms with Gasteiger partial charge in [-0.05, 0) is 0 Å². The Morgan fingerprint density at radius 3 is 3.10 bits per heavy atom. The fourth-order valence-electron chi connectivity index (χ4n) is 0.621. The molecule has 1 aromatic heterocycles. The molecule has 0 N–H and O–H groups in total. The van der Waals surface area contributed by atoms with Gasteiger partial charge in [-0.3, -0.25) is 4.68 Å². The minimum absolute atomic E-state index is 0.710. The van der Waals surface area contributed by atoms with Crippen molar-refractivity contribution in [2.75, 3.05) is 5.33 Å². The molecule has 0 aliphatic carbocycles. The fraction of sp³-hybridized carbons (Fsp3) is 0.286. The second-order valence-electron chi connectivity index (χ2n) is 1.84. The summed E-state index contributed by atoms with van der Waals surface area (Å²) in [7, 11) is 1.87. The van der Waals surface area contributed by atoms with Crippen molar-refractivity contribution < 1.29 is 0 Å². The van der Waals surface area contributed by atoms with Gasteiger partial charge in [0.1, 0.15) is 0 Å². The Bertz CT molecular complexity index is 267. The van der Waals surface area contributed by atoms with E-state index in [1.165, 1.54) is 0 Å². The molecule has 52 valence electrons. The molecule has 3 heteroatoms. The lowest BCUT2D eigenvalue weighted by Gasteiger charge is -1.78. The van der Waals surface area contributed by atoms with Gasteiger partial charge >= 0.3 is 0 Å². The first kappa shape index (κ1) is 7.36. The molecule has 0 radical (unpaired) electrons. The Morgan fingerprint density at radius 1 is 1.80 bits per heavy atom. The molecule has 0 saturated heterocycles. The van der Waals surface area contributed by atoms with E-state index in [0.717, 1.165) is 5.56 Å². The summed E-state index contributed by atoms with van der Waals surface area (Å²) in [6.45, 7) is 0. The second-order valence-corrected chi connectivity index (χ2v) is 2.40. The number of halogens is 1. The predicted molar refractivity (Wildman–Crippen MR) is 43.9 cm³/mol. The van der Waals surface area contributed by atoms with Gasteiger partial charge in [-0.25, -0.2) is 0 Å². The first-order valence-corrected chi connectivity index (χ1v) is 3.98. The SMILES string of the molecule is Cn1cc(C#CCBr)cn1. The van der Waals surface area contributed by atoms with Crippen LogP contribution >= 0.6 is 15.9 Å². The Balaban J connectivity index is 2.76. The molecule has 1 heterocycles. The molecule has 0 aliphatic heterocycles. The lowest BCUT2D eigenvalue weighted by Crippen LogP contribution is -1.83. The van der Waals surface area contributed by atoms with Gasteiger partial charge in [0.15, 0.2) is 0 Å². The first-order valence-electron chi connectivity index (χ1n) is 2.86. The van der Waals surface area contributed by atoms with Crippen molar-refractivity contribution in [2.24, 2.45) is 7.05 Å². The zero-order valence-electron chi connectivity index (χ0n) is 5.63. The van der Waals surface area contributed by atoms with E-state index in [2.05, 4.69) is 32.9 Å². The number of hydrogen-bond donors (Lipinski definition) is 0. The highest BCUT2D eigenvalue weighted by Gasteiger charge is 1.86. The van der Waals surface area contributed by atoms with Crippen molar-refractivity contribution in [1.82, 2.24) is 9.78 Å². The maximum Gasteiger partial charge on any atom is 0.0649 e. The smallest absolute Gasteiger partial charge is 0.0649 e. The standard InChI is InChI=1S/C7H7BrN2/c1-10-6-7(5-9-10)3-2-4-8/h5-6H,4H2,1H3. The van der Waals surface area contributed by atoms with Gasteiger partial charge in [0.05, 0.1) is 17.1 Å². The fourth-order valence-corrected chi connectivity index (χ4v) is 0.761. The Morgan fingerprint density at radius 2 is 2.60 bits per heavy atom. The van der Waals surface area contributed by atoms with Gasteiger partial charge in [-0.1, -0.05) is 27.8 Å². The zero-order valence-corrected chi connectivity index (χ0v) is 7.22. The minimum Gasteiger partial charge on any atom is -0.275 e. The van der Waals surface area contributed by atoms with E-state index in [-0.39, 0.29) is 0 Å². The molecule has 0 atom stereocenters. The maximum atomic E-state index is 3.97. The predicted octanol–water partition coefficient (Wildman–Crippen LogP) is 1.17. The normalized spacial score (nSPS) is 8.60. The van der Waals surface area contributed by atoms with Crippen LogP contribution in [-0.2, 0) is 7.05 Å². The molecule has 0 aliphatic rings. The number of rotatable bonds is 0. The molecule has 0 amide bonds. The summed E-state index contributed by atoms with van der Waals surface area (Å²) in [6, 6.07) is 0.